The molecule has 0 aliphatic heterocycles. The van der Waals surface area contributed by atoms with Gasteiger partial charge in [-0.15, -0.1) is 0 Å². The summed E-state index contributed by atoms with van der Waals surface area (Å²) in [6, 6.07) is 6.46. The lowest BCUT2D eigenvalue weighted by Crippen LogP contribution is -2.36. The highest BCUT2D eigenvalue weighted by molar-refractivity contribution is 6.72. The van der Waals surface area contributed by atoms with Crippen LogP contribution in [0.3, 0.4) is 0 Å². The Morgan fingerprint density at radius 1 is 0.917 bits per heavy atom. The smallest absolute Gasteiger partial charge is 0.104 e. The van der Waals surface area contributed by atoms with Crippen LogP contribution in [0, 0.1) is 0 Å². The van der Waals surface area contributed by atoms with E-state index >= 15 is 0 Å². The molecule has 0 aliphatic rings. The van der Waals surface area contributed by atoms with Crippen LogP contribution in [-0.4, -0.2) is 22.6 Å². The molecule has 1 aromatic heterocycles. The highest BCUT2D eigenvalue weighted by Crippen LogP contribution is 1.85. The van der Waals surface area contributed by atoms with Gasteiger partial charge in [0.25, 0.3) is 0 Å². The molecule has 0 aromatic carbocycles. The van der Waals surface area contributed by atoms with Gasteiger partial charge in [0.05, 0.1) is 0 Å². The maximum absolute atomic E-state index is 4.66. The van der Waals surface area contributed by atoms with Crippen molar-refractivity contribution in [2.24, 2.45) is 0 Å². The molecule has 0 fully saturated rings. The molecular weight excluding hydrogens is 178 g/mol. The molecule has 0 bridgehead atoms. The Hall–Kier alpha value is -0.416. The minimum Gasteiger partial charge on any atom is -0.268 e. The summed E-state index contributed by atoms with van der Waals surface area (Å²) < 4.78 is 0. The SMILES string of the molecule is C[Si](C)c1cccc([Si](C)C)n1. The molecule has 0 aliphatic carbocycles. The lowest BCUT2D eigenvalue weighted by molar-refractivity contribution is 1.42. The monoisotopic (exact) mass is 193 g/mol. The summed E-state index contributed by atoms with van der Waals surface area (Å²) >= 11 is 0. The summed E-state index contributed by atoms with van der Waals surface area (Å²) in [6.45, 7) is 9.14. The van der Waals surface area contributed by atoms with Gasteiger partial charge in [0.2, 0.25) is 0 Å². The summed E-state index contributed by atoms with van der Waals surface area (Å²) in [5, 5.41) is 2.65. The molecule has 0 unspecified atom stereocenters. The van der Waals surface area contributed by atoms with Crippen molar-refractivity contribution in [3.05, 3.63) is 18.2 Å². The number of hydrogen-bond donors (Lipinski definition) is 0. The van der Waals surface area contributed by atoms with Crippen LogP contribution in [0.25, 0.3) is 0 Å². The Kier molecular flexibility index (Phi) is 3.23. The van der Waals surface area contributed by atoms with Crippen molar-refractivity contribution in [2.75, 3.05) is 0 Å². The fourth-order valence-electron chi connectivity index (χ4n) is 0.992. The van der Waals surface area contributed by atoms with E-state index in [9.17, 15) is 0 Å². The number of nitrogens with zero attached hydrogens (tertiary/aromatic N) is 1. The number of pyridine rings is 1. The average molecular weight is 193 g/mol. The van der Waals surface area contributed by atoms with Crippen molar-refractivity contribution in [1.82, 2.24) is 4.98 Å². The zero-order chi connectivity index (χ0) is 9.14. The summed E-state index contributed by atoms with van der Waals surface area (Å²) in [5.41, 5.74) is 0. The average Bonchev–Trinajstić information content (AvgIpc) is 2.04. The summed E-state index contributed by atoms with van der Waals surface area (Å²) in [5.74, 6) is 0. The van der Waals surface area contributed by atoms with E-state index in [-0.39, 0.29) is 17.6 Å². The molecule has 0 atom stereocenters. The standard InChI is InChI=1S/C9H15NSi2/c1-11(2)8-6-5-7-9(10-8)12(3)4/h5-7H,1-4H3. The van der Waals surface area contributed by atoms with E-state index < -0.39 is 0 Å². The van der Waals surface area contributed by atoms with Gasteiger partial charge in [-0.3, -0.25) is 4.98 Å². The first kappa shape index (κ1) is 9.67. The first-order valence-electron chi connectivity index (χ1n) is 4.19. The van der Waals surface area contributed by atoms with E-state index in [1.54, 1.807) is 0 Å². The molecular formula is C9H15NSi2. The Labute approximate surface area is 78.1 Å². The van der Waals surface area contributed by atoms with Gasteiger partial charge in [0.15, 0.2) is 0 Å². The van der Waals surface area contributed by atoms with Crippen LogP contribution in [0.2, 0.25) is 26.2 Å². The normalized spacial score (nSPS) is 11.2. The Morgan fingerprint density at radius 3 is 1.67 bits per heavy atom. The lowest BCUT2D eigenvalue weighted by atomic mass is 10.5. The molecule has 0 spiro atoms. The van der Waals surface area contributed by atoms with Crippen molar-refractivity contribution in [1.29, 1.82) is 0 Å². The van der Waals surface area contributed by atoms with Crippen LogP contribution in [-0.2, 0) is 0 Å². The molecule has 1 aromatic rings. The summed E-state index contributed by atoms with van der Waals surface area (Å²) in [7, 11) is -0.724. The van der Waals surface area contributed by atoms with Crippen LogP contribution in [0.5, 0.6) is 0 Å². The molecule has 3 heteroatoms. The third kappa shape index (κ3) is 2.28. The second-order valence-corrected chi connectivity index (χ2v) is 8.43. The second kappa shape index (κ2) is 4.00. The van der Waals surface area contributed by atoms with Crippen LogP contribution < -0.4 is 10.6 Å². The van der Waals surface area contributed by atoms with E-state index in [0.717, 1.165) is 0 Å². The molecule has 0 N–H and O–H groups in total. The molecule has 12 heavy (non-hydrogen) atoms. The second-order valence-electron chi connectivity index (χ2n) is 3.41. The molecule has 1 nitrogen and oxygen atoms in total. The van der Waals surface area contributed by atoms with E-state index in [1.165, 1.54) is 10.6 Å². The molecule has 2 radical (unpaired) electrons. The van der Waals surface area contributed by atoms with Crippen molar-refractivity contribution in [3.8, 4) is 0 Å². The molecule has 1 heterocycles. The first-order chi connectivity index (χ1) is 5.61. The minimum atomic E-state index is -0.362. The quantitative estimate of drug-likeness (QED) is 0.639. The van der Waals surface area contributed by atoms with Crippen LogP contribution in [0.4, 0.5) is 0 Å². The van der Waals surface area contributed by atoms with Gasteiger partial charge >= 0.3 is 0 Å². The highest BCUT2D eigenvalue weighted by atomic mass is 28.3. The number of aromatic nitrogens is 1. The van der Waals surface area contributed by atoms with Gasteiger partial charge in [-0.1, -0.05) is 32.3 Å². The van der Waals surface area contributed by atoms with E-state index in [2.05, 4.69) is 49.4 Å². The highest BCUT2D eigenvalue weighted by Gasteiger charge is 2.06. The van der Waals surface area contributed by atoms with Crippen LogP contribution >= 0.6 is 0 Å². The topological polar surface area (TPSA) is 12.9 Å². The lowest BCUT2D eigenvalue weighted by Gasteiger charge is -2.06. The van der Waals surface area contributed by atoms with Gasteiger partial charge in [-0.05, 0) is 12.1 Å². The van der Waals surface area contributed by atoms with Crippen molar-refractivity contribution < 1.29 is 0 Å². The molecule has 1 rings (SSSR count). The zero-order valence-electron chi connectivity index (χ0n) is 8.18. The van der Waals surface area contributed by atoms with Crippen molar-refractivity contribution in [2.45, 2.75) is 26.2 Å². The van der Waals surface area contributed by atoms with Crippen LogP contribution in [0.1, 0.15) is 0 Å². The maximum atomic E-state index is 4.66. The third-order valence-corrected chi connectivity index (χ3v) is 4.38. The Morgan fingerprint density at radius 2 is 1.33 bits per heavy atom. The summed E-state index contributed by atoms with van der Waals surface area (Å²) in [6.07, 6.45) is 0. The van der Waals surface area contributed by atoms with Gasteiger partial charge < -0.3 is 0 Å². The van der Waals surface area contributed by atoms with Gasteiger partial charge in [0, 0.05) is 10.6 Å². The zero-order valence-corrected chi connectivity index (χ0v) is 10.2. The number of rotatable bonds is 2. The molecule has 0 amide bonds. The fourth-order valence-corrected chi connectivity index (χ4v) is 2.65. The third-order valence-electron chi connectivity index (χ3n) is 1.77. The molecule has 64 valence electrons. The van der Waals surface area contributed by atoms with Gasteiger partial charge in [-0.25, -0.2) is 0 Å². The largest absolute Gasteiger partial charge is 0.268 e. The molecule has 0 saturated heterocycles. The predicted molar refractivity (Wildman–Crippen MR) is 58.5 cm³/mol. The molecule has 0 saturated carbocycles. The van der Waals surface area contributed by atoms with E-state index in [4.69, 9.17) is 0 Å². The Bertz CT molecular complexity index is 235. The van der Waals surface area contributed by atoms with Crippen LogP contribution in [0.15, 0.2) is 18.2 Å². The Balaban J connectivity index is 2.96. The van der Waals surface area contributed by atoms with Gasteiger partial charge in [0.1, 0.15) is 17.6 Å². The number of hydrogen-bond acceptors (Lipinski definition) is 1. The van der Waals surface area contributed by atoms with Crippen molar-refractivity contribution >= 4 is 28.2 Å². The summed E-state index contributed by atoms with van der Waals surface area (Å²) in [4.78, 5) is 4.66. The van der Waals surface area contributed by atoms with Gasteiger partial charge in [-0.2, -0.15) is 0 Å². The van der Waals surface area contributed by atoms with E-state index in [0.29, 0.717) is 0 Å². The maximum Gasteiger partial charge on any atom is 0.104 e. The van der Waals surface area contributed by atoms with Crippen molar-refractivity contribution in [3.63, 3.8) is 0 Å². The first-order valence-corrected chi connectivity index (χ1v) is 9.19. The fraction of sp³-hybridized carbons (Fsp3) is 0.444. The predicted octanol–water partition coefficient (Wildman–Crippen LogP) is 1.00. The minimum absolute atomic E-state index is 0.362. The van der Waals surface area contributed by atoms with E-state index in [1.807, 2.05) is 0 Å².